The minimum atomic E-state index is -4.49. The maximum Gasteiger partial charge on any atom is 0.390 e. The van der Waals surface area contributed by atoms with E-state index in [2.05, 4.69) is 0 Å². The molecule has 0 radical (unpaired) electrons. The Hall–Kier alpha value is -0.230. The maximum absolute atomic E-state index is 13.4. The van der Waals surface area contributed by atoms with Crippen molar-refractivity contribution in [3.8, 4) is 0 Å². The first kappa shape index (κ1) is 16.8. The molecule has 0 saturated carbocycles. The lowest BCUT2D eigenvalue weighted by atomic mass is 10.0. The van der Waals surface area contributed by atoms with Gasteiger partial charge < -0.3 is 5.73 Å². The van der Waals surface area contributed by atoms with E-state index < -0.39 is 30.0 Å². The smallest absolute Gasteiger partial charge is 0.324 e. The van der Waals surface area contributed by atoms with Gasteiger partial charge in [0.1, 0.15) is 5.82 Å². The summed E-state index contributed by atoms with van der Waals surface area (Å²) in [6.07, 6.45) is -5.85. The van der Waals surface area contributed by atoms with Crippen LogP contribution in [0, 0.1) is 5.82 Å². The first-order chi connectivity index (χ1) is 7.22. The van der Waals surface area contributed by atoms with Crippen LogP contribution in [-0.4, -0.2) is 6.18 Å². The summed E-state index contributed by atoms with van der Waals surface area (Å²) in [4.78, 5) is 0. The molecule has 0 aliphatic carbocycles. The van der Waals surface area contributed by atoms with Gasteiger partial charge in [0.15, 0.2) is 0 Å². The second-order valence-corrected chi connectivity index (χ2v) is 4.00. The summed E-state index contributed by atoms with van der Waals surface area (Å²) in [6.45, 7) is 0. The highest BCUT2D eigenvalue weighted by Gasteiger charge is 2.33. The van der Waals surface area contributed by atoms with Gasteiger partial charge in [-0.25, -0.2) is 4.39 Å². The Labute approximate surface area is 111 Å². The van der Waals surface area contributed by atoms with E-state index in [9.17, 15) is 17.6 Å². The summed E-state index contributed by atoms with van der Waals surface area (Å²) in [5.41, 5.74) is 4.84. The first-order valence-electron chi connectivity index (χ1n) is 4.18. The summed E-state index contributed by atoms with van der Waals surface area (Å²) in [7, 11) is 0. The molecular weight excluding hydrogens is 304 g/mol. The van der Waals surface area contributed by atoms with E-state index in [4.69, 9.17) is 28.9 Å². The molecule has 98 valence electrons. The van der Waals surface area contributed by atoms with Crippen LogP contribution in [0.5, 0.6) is 0 Å². The van der Waals surface area contributed by atoms with Crippen molar-refractivity contribution >= 4 is 35.6 Å². The zero-order valence-electron chi connectivity index (χ0n) is 8.19. The SMILES string of the molecule is Cl.N[C@H](CC(F)(F)F)c1c(Cl)ccc(Cl)c1F. The number of benzene rings is 1. The van der Waals surface area contributed by atoms with Crippen LogP contribution in [0.4, 0.5) is 17.6 Å². The average Bonchev–Trinajstić information content (AvgIpc) is 2.09. The summed E-state index contributed by atoms with van der Waals surface area (Å²) >= 11 is 11.0. The minimum Gasteiger partial charge on any atom is -0.324 e. The highest BCUT2D eigenvalue weighted by atomic mass is 35.5. The van der Waals surface area contributed by atoms with E-state index >= 15 is 0 Å². The Morgan fingerprint density at radius 1 is 1.18 bits per heavy atom. The monoisotopic (exact) mass is 311 g/mol. The lowest BCUT2D eigenvalue weighted by molar-refractivity contribution is -0.138. The molecule has 2 N–H and O–H groups in total. The Kier molecular flexibility index (Phi) is 6.01. The normalized spacial score (nSPS) is 13.1. The third kappa shape index (κ3) is 4.50. The molecule has 0 aliphatic rings. The fourth-order valence-electron chi connectivity index (χ4n) is 1.23. The molecule has 8 heteroatoms. The molecule has 1 aromatic rings. The number of rotatable bonds is 2. The van der Waals surface area contributed by atoms with Gasteiger partial charge in [-0.05, 0) is 12.1 Å². The van der Waals surface area contributed by atoms with Crippen molar-refractivity contribution in [3.63, 3.8) is 0 Å². The third-order valence-corrected chi connectivity index (χ3v) is 2.52. The van der Waals surface area contributed by atoms with E-state index in [1.54, 1.807) is 0 Å². The molecule has 1 aromatic carbocycles. The van der Waals surface area contributed by atoms with E-state index in [1.165, 1.54) is 6.07 Å². The first-order valence-corrected chi connectivity index (χ1v) is 4.93. The molecule has 0 aromatic heterocycles. The standard InChI is InChI=1S/C9H7Cl2F4N.ClH/c10-4-1-2-5(11)8(12)7(4)6(16)3-9(13,14)15;/h1-2,6H,3,16H2;1H/t6-;/m1./s1. The molecule has 17 heavy (non-hydrogen) atoms. The maximum atomic E-state index is 13.4. The van der Waals surface area contributed by atoms with E-state index in [-0.39, 0.29) is 22.5 Å². The van der Waals surface area contributed by atoms with Crippen molar-refractivity contribution in [1.29, 1.82) is 0 Å². The van der Waals surface area contributed by atoms with E-state index in [1.807, 2.05) is 0 Å². The number of alkyl halides is 3. The van der Waals surface area contributed by atoms with Crippen LogP contribution in [0.2, 0.25) is 10.0 Å². The molecule has 0 saturated heterocycles. The van der Waals surface area contributed by atoms with Gasteiger partial charge in [0.2, 0.25) is 0 Å². The molecule has 0 unspecified atom stereocenters. The van der Waals surface area contributed by atoms with Crippen molar-refractivity contribution in [2.24, 2.45) is 5.73 Å². The Bertz CT molecular complexity index is 395. The summed E-state index contributed by atoms with van der Waals surface area (Å²) in [5, 5.41) is -0.476. The average molecular weight is 313 g/mol. The zero-order valence-corrected chi connectivity index (χ0v) is 10.5. The molecule has 1 nitrogen and oxygen atoms in total. The van der Waals surface area contributed by atoms with Gasteiger partial charge in [0, 0.05) is 16.6 Å². The molecule has 1 rings (SSSR count). The van der Waals surface area contributed by atoms with Crippen molar-refractivity contribution < 1.29 is 17.6 Å². The fraction of sp³-hybridized carbons (Fsp3) is 0.333. The Balaban J connectivity index is 0.00000256. The predicted octanol–water partition coefficient (Wildman–Crippen LogP) is 4.51. The lowest BCUT2D eigenvalue weighted by Crippen LogP contribution is -2.21. The predicted molar refractivity (Wildman–Crippen MR) is 61.3 cm³/mol. The largest absolute Gasteiger partial charge is 0.390 e. The van der Waals surface area contributed by atoms with Crippen LogP contribution in [-0.2, 0) is 0 Å². The quantitative estimate of drug-likeness (QED) is 0.631. The van der Waals surface area contributed by atoms with Crippen LogP contribution in [0.25, 0.3) is 0 Å². The second-order valence-electron chi connectivity index (χ2n) is 3.18. The topological polar surface area (TPSA) is 26.0 Å². The molecule has 0 fully saturated rings. The van der Waals surface area contributed by atoms with Gasteiger partial charge >= 0.3 is 6.18 Å². The number of halogens is 7. The molecule has 0 heterocycles. The summed E-state index contributed by atoms with van der Waals surface area (Å²) in [6, 6.07) is 0.799. The summed E-state index contributed by atoms with van der Waals surface area (Å²) in [5.74, 6) is -1.01. The molecular formula is C9H8Cl3F4N. The molecule has 0 aliphatic heterocycles. The summed E-state index contributed by atoms with van der Waals surface area (Å²) < 4.78 is 49.7. The van der Waals surface area contributed by atoms with Gasteiger partial charge in [0.25, 0.3) is 0 Å². The van der Waals surface area contributed by atoms with Crippen molar-refractivity contribution in [2.75, 3.05) is 0 Å². The van der Waals surface area contributed by atoms with Crippen LogP contribution < -0.4 is 5.73 Å². The molecule has 1 atom stereocenters. The van der Waals surface area contributed by atoms with Crippen LogP contribution in [0.15, 0.2) is 12.1 Å². The number of hydrogen-bond acceptors (Lipinski definition) is 1. The van der Waals surface area contributed by atoms with Gasteiger partial charge in [-0.15, -0.1) is 12.4 Å². The second kappa shape index (κ2) is 6.09. The zero-order chi connectivity index (χ0) is 12.5. The van der Waals surface area contributed by atoms with Gasteiger partial charge in [0.05, 0.1) is 11.4 Å². The van der Waals surface area contributed by atoms with Gasteiger partial charge in [-0.2, -0.15) is 13.2 Å². The van der Waals surface area contributed by atoms with Crippen molar-refractivity contribution in [3.05, 3.63) is 33.6 Å². The Morgan fingerprint density at radius 3 is 2.12 bits per heavy atom. The fourth-order valence-corrected chi connectivity index (χ4v) is 1.68. The molecule has 0 bridgehead atoms. The van der Waals surface area contributed by atoms with Crippen molar-refractivity contribution in [1.82, 2.24) is 0 Å². The van der Waals surface area contributed by atoms with Crippen LogP contribution in [0.3, 0.4) is 0 Å². The van der Waals surface area contributed by atoms with E-state index in [0.29, 0.717) is 0 Å². The highest BCUT2D eigenvalue weighted by Crippen LogP contribution is 2.35. The number of nitrogens with two attached hydrogens (primary N) is 1. The highest BCUT2D eigenvalue weighted by molar-refractivity contribution is 6.33. The lowest BCUT2D eigenvalue weighted by Gasteiger charge is -2.16. The minimum absolute atomic E-state index is 0. The third-order valence-electron chi connectivity index (χ3n) is 1.90. The molecule has 0 spiro atoms. The van der Waals surface area contributed by atoms with Gasteiger partial charge in [-0.1, -0.05) is 23.2 Å². The molecule has 0 amide bonds. The van der Waals surface area contributed by atoms with Gasteiger partial charge in [-0.3, -0.25) is 0 Å². The Morgan fingerprint density at radius 2 is 1.65 bits per heavy atom. The van der Waals surface area contributed by atoms with Crippen LogP contribution in [0.1, 0.15) is 18.0 Å². The van der Waals surface area contributed by atoms with E-state index in [0.717, 1.165) is 6.07 Å². The number of hydrogen-bond donors (Lipinski definition) is 1. The van der Waals surface area contributed by atoms with Crippen molar-refractivity contribution in [2.45, 2.75) is 18.6 Å². The van der Waals surface area contributed by atoms with Crippen LogP contribution >= 0.6 is 35.6 Å².